The van der Waals surface area contributed by atoms with E-state index in [1.807, 2.05) is 0 Å². The Kier molecular flexibility index (Phi) is 23.7. The molecule has 0 heterocycles. The molecule has 0 saturated carbocycles. The fraction of sp³-hybridized carbons (Fsp3) is 0.619. The number of carbonyl (C=O) groups is 6. The predicted molar refractivity (Wildman–Crippen MR) is 205 cm³/mol. The van der Waals surface area contributed by atoms with Crippen LogP contribution in [0.25, 0.3) is 0 Å². The number of ether oxygens (including phenoxy) is 4. The number of nitrogens with one attached hydrogen (secondary N) is 1. The number of esters is 3. The lowest BCUT2D eigenvalue weighted by Crippen LogP contribution is -2.55. The Hall–Kier alpha value is -4.70. The van der Waals surface area contributed by atoms with Gasteiger partial charge in [0.2, 0.25) is 12.2 Å². The van der Waals surface area contributed by atoms with Crippen molar-refractivity contribution >= 4 is 35.6 Å². The van der Waals surface area contributed by atoms with Crippen molar-refractivity contribution in [3.05, 3.63) is 42.0 Å². The Morgan fingerprint density at radius 3 is 2.05 bits per heavy atom. The number of Topliss-reactive ketones (excluding diaryl/α,β-unsaturated/α-hetero) is 1. The summed E-state index contributed by atoms with van der Waals surface area (Å²) in [4.78, 5) is 76.4. The maximum atomic E-state index is 13.9. The molecule has 55 heavy (non-hydrogen) atoms. The average molecular weight is 772 g/mol. The van der Waals surface area contributed by atoms with Crippen molar-refractivity contribution in [3.63, 3.8) is 0 Å². The minimum absolute atomic E-state index is 0.0580. The molecule has 306 valence electrons. The van der Waals surface area contributed by atoms with Gasteiger partial charge in [0.05, 0.1) is 25.4 Å². The molecular weight excluding hydrogens is 710 g/mol. The normalized spacial score (nSPS) is 13.7. The summed E-state index contributed by atoms with van der Waals surface area (Å²) in [7, 11) is 1.13. The number of benzene rings is 1. The minimum atomic E-state index is -3.03. The number of carboxylic acids is 1. The average Bonchev–Trinajstić information content (AvgIpc) is 3.13. The molecule has 4 atom stereocenters. The summed E-state index contributed by atoms with van der Waals surface area (Å²) in [5.74, 6) is -1.79. The summed E-state index contributed by atoms with van der Waals surface area (Å²) in [6.45, 7) is 8.43. The van der Waals surface area contributed by atoms with E-state index < -0.39 is 66.0 Å². The molecule has 0 aliphatic heterocycles. The van der Waals surface area contributed by atoms with E-state index in [-0.39, 0.29) is 18.8 Å². The van der Waals surface area contributed by atoms with Gasteiger partial charge in [0, 0.05) is 26.2 Å². The van der Waals surface area contributed by atoms with E-state index in [1.165, 1.54) is 25.5 Å². The van der Waals surface area contributed by atoms with Crippen LogP contribution in [0, 0.1) is 23.7 Å². The number of hydrogen-bond donors (Lipinski definition) is 3. The zero-order chi connectivity index (χ0) is 41.2. The highest BCUT2D eigenvalue weighted by molar-refractivity contribution is 5.95. The zero-order valence-electron chi connectivity index (χ0n) is 33.4. The maximum Gasteiger partial charge on any atom is 0.337 e. The molecule has 0 fully saturated rings. The molecule has 3 N–H and O–H groups in total. The van der Waals surface area contributed by atoms with E-state index in [0.29, 0.717) is 37.0 Å². The number of carboxylic acid groups (broad SMARTS) is 1. The van der Waals surface area contributed by atoms with Crippen LogP contribution in [0.15, 0.2) is 36.4 Å². The van der Waals surface area contributed by atoms with Crippen LogP contribution in [0.2, 0.25) is 0 Å². The SMILES string of the molecule is CC#CCOc1ccc(C[C@H](NC(=O)[C@@H](/C=C/CCCCCCC(=O)CCCCCCC)C(O)(CC(=O)O[C@H](C)OC(=O)C(C)C)C(=O)O)C(=O)OC)cc1. The number of carbonyl (C=O) groups excluding carboxylic acids is 5. The van der Waals surface area contributed by atoms with E-state index in [1.54, 1.807) is 45.0 Å². The van der Waals surface area contributed by atoms with Crippen LogP contribution in [0.1, 0.15) is 124 Å². The molecule has 0 aliphatic carbocycles. The Morgan fingerprint density at radius 2 is 1.49 bits per heavy atom. The predicted octanol–water partition coefficient (Wildman–Crippen LogP) is 6.03. The molecule has 13 nitrogen and oxygen atoms in total. The molecule has 1 aromatic rings. The summed E-state index contributed by atoms with van der Waals surface area (Å²) < 4.78 is 20.5. The second-order valence-corrected chi connectivity index (χ2v) is 13.8. The Balaban J connectivity index is 3.13. The van der Waals surface area contributed by atoms with Gasteiger partial charge in [0.1, 0.15) is 24.2 Å². The van der Waals surface area contributed by atoms with Crippen molar-refractivity contribution in [2.75, 3.05) is 13.7 Å². The van der Waals surface area contributed by atoms with E-state index >= 15 is 0 Å². The van der Waals surface area contributed by atoms with Crippen LogP contribution < -0.4 is 10.1 Å². The first-order chi connectivity index (χ1) is 26.2. The molecule has 0 bridgehead atoms. The first kappa shape index (κ1) is 48.3. The maximum absolute atomic E-state index is 13.9. The third-order valence-corrected chi connectivity index (χ3v) is 8.75. The number of rotatable bonds is 28. The van der Waals surface area contributed by atoms with Crippen LogP contribution >= 0.6 is 0 Å². The van der Waals surface area contributed by atoms with Crippen molar-refractivity contribution in [1.82, 2.24) is 5.32 Å². The van der Waals surface area contributed by atoms with E-state index in [0.717, 1.165) is 52.1 Å². The van der Waals surface area contributed by atoms with Crippen LogP contribution in [0.5, 0.6) is 5.75 Å². The van der Waals surface area contributed by atoms with Crippen LogP contribution in [-0.4, -0.2) is 77.4 Å². The standard InChI is InChI=1S/C42H61NO12/c1-7-9-11-14-17-20-33(44)21-18-15-12-13-16-19-22-35(42(51,41(49)50)29-37(45)54-31(5)55-39(47)30(3)4)38(46)43-36(40(48)52-6)28-32-23-25-34(26-24-32)53-27-10-8-2/h19,22-26,30-31,35-36,51H,7,9,11-18,20-21,27-29H2,1-6H3,(H,43,46)(H,49,50)/b22-19+/t31-,35+,36-,42?/m0/s1. The van der Waals surface area contributed by atoms with Gasteiger partial charge in [-0.3, -0.25) is 19.2 Å². The number of allylic oxidation sites excluding steroid dienone is 1. The first-order valence-electron chi connectivity index (χ1n) is 19.2. The second kappa shape index (κ2) is 27.0. The van der Waals surface area contributed by atoms with Crippen molar-refractivity contribution < 1.29 is 57.9 Å². The molecule has 1 unspecified atom stereocenters. The van der Waals surface area contributed by atoms with Gasteiger partial charge in [-0.25, -0.2) is 9.59 Å². The van der Waals surface area contributed by atoms with Gasteiger partial charge in [-0.15, -0.1) is 5.92 Å². The monoisotopic (exact) mass is 771 g/mol. The highest BCUT2D eigenvalue weighted by atomic mass is 16.7. The first-order valence-corrected chi connectivity index (χ1v) is 19.2. The van der Waals surface area contributed by atoms with Crippen molar-refractivity contribution in [2.45, 2.75) is 142 Å². The molecule has 0 radical (unpaired) electrons. The lowest BCUT2D eigenvalue weighted by Gasteiger charge is -2.30. The fourth-order valence-corrected chi connectivity index (χ4v) is 5.52. The number of aliphatic hydroxyl groups is 1. The van der Waals surface area contributed by atoms with Gasteiger partial charge in [0.15, 0.2) is 5.60 Å². The molecule has 0 saturated heterocycles. The Morgan fingerprint density at radius 1 is 0.873 bits per heavy atom. The van der Waals surface area contributed by atoms with Crippen molar-refractivity contribution in [1.29, 1.82) is 0 Å². The summed E-state index contributed by atoms with van der Waals surface area (Å²) in [6, 6.07) is 5.38. The molecule has 0 aliphatic rings. The molecule has 1 rings (SSSR count). The summed E-state index contributed by atoms with van der Waals surface area (Å²) in [5, 5.41) is 24.2. The zero-order valence-corrected chi connectivity index (χ0v) is 33.4. The van der Waals surface area contributed by atoms with Crippen molar-refractivity contribution in [2.24, 2.45) is 11.8 Å². The van der Waals surface area contributed by atoms with E-state index in [2.05, 4.69) is 24.1 Å². The highest BCUT2D eigenvalue weighted by Crippen LogP contribution is 2.27. The van der Waals surface area contributed by atoms with Gasteiger partial charge in [-0.1, -0.05) is 89.5 Å². The summed E-state index contributed by atoms with van der Waals surface area (Å²) in [6.07, 6.45) is 10.1. The lowest BCUT2D eigenvalue weighted by molar-refractivity contribution is -0.193. The summed E-state index contributed by atoms with van der Waals surface area (Å²) >= 11 is 0. The Labute approximate surface area is 325 Å². The summed E-state index contributed by atoms with van der Waals surface area (Å²) in [5.41, 5.74) is -2.43. The van der Waals surface area contributed by atoms with E-state index in [9.17, 15) is 39.0 Å². The molecule has 0 aromatic heterocycles. The van der Waals surface area contributed by atoms with Gasteiger partial charge in [-0.05, 0) is 50.3 Å². The van der Waals surface area contributed by atoms with Gasteiger partial charge >= 0.3 is 23.9 Å². The van der Waals surface area contributed by atoms with Crippen LogP contribution in [0.3, 0.4) is 0 Å². The largest absolute Gasteiger partial charge is 0.481 e. The smallest absolute Gasteiger partial charge is 0.337 e. The van der Waals surface area contributed by atoms with Gasteiger partial charge in [-0.2, -0.15) is 0 Å². The second-order valence-electron chi connectivity index (χ2n) is 13.8. The fourth-order valence-electron chi connectivity index (χ4n) is 5.52. The molecule has 1 aromatic carbocycles. The molecule has 13 heteroatoms. The third-order valence-electron chi connectivity index (χ3n) is 8.75. The number of unbranched alkanes of at least 4 members (excludes halogenated alkanes) is 8. The van der Waals surface area contributed by atoms with E-state index in [4.69, 9.17) is 18.9 Å². The van der Waals surface area contributed by atoms with Crippen LogP contribution in [-0.2, 0) is 49.4 Å². The lowest BCUT2D eigenvalue weighted by atomic mass is 9.82. The number of hydrogen-bond acceptors (Lipinski definition) is 11. The highest BCUT2D eigenvalue weighted by Gasteiger charge is 2.50. The number of methoxy groups -OCH3 is 1. The number of amides is 1. The quantitative estimate of drug-likeness (QED) is 0.0295. The third kappa shape index (κ3) is 19.5. The minimum Gasteiger partial charge on any atom is -0.481 e. The molecule has 0 spiro atoms. The number of ketones is 1. The molecule has 1 amide bonds. The van der Waals surface area contributed by atoms with Gasteiger partial charge < -0.3 is 34.5 Å². The van der Waals surface area contributed by atoms with Crippen molar-refractivity contribution in [3.8, 4) is 17.6 Å². The topological polar surface area (TPSA) is 192 Å². The Bertz CT molecular complexity index is 1460. The number of aliphatic carboxylic acids is 1. The van der Waals surface area contributed by atoms with Crippen LogP contribution in [0.4, 0.5) is 0 Å². The van der Waals surface area contributed by atoms with Gasteiger partial charge in [0.25, 0.3) is 0 Å². The molecular formula is C42H61NO12.